The maximum Gasteiger partial charge on any atom is 0.244 e. The van der Waals surface area contributed by atoms with Crippen molar-refractivity contribution in [3.05, 3.63) is 48.8 Å². The summed E-state index contributed by atoms with van der Waals surface area (Å²) in [6, 6.07) is 9.22. The molecule has 0 unspecified atom stereocenters. The highest BCUT2D eigenvalue weighted by atomic mass is 32.2. The summed E-state index contributed by atoms with van der Waals surface area (Å²) in [5.41, 5.74) is 1.08. The highest BCUT2D eigenvalue weighted by molar-refractivity contribution is 7.92. The fourth-order valence-corrected chi connectivity index (χ4v) is 4.90. The topological polar surface area (TPSA) is 128 Å². The van der Waals surface area contributed by atoms with E-state index in [1.807, 2.05) is 0 Å². The van der Waals surface area contributed by atoms with Crippen LogP contribution in [0, 0.1) is 0 Å². The molecule has 0 amide bonds. The Morgan fingerprint density at radius 1 is 1.03 bits per heavy atom. The molecule has 0 saturated carbocycles. The number of hydrogen-bond donors (Lipinski definition) is 2. The Morgan fingerprint density at radius 2 is 1.83 bits per heavy atom. The molecule has 0 aliphatic rings. The van der Waals surface area contributed by atoms with E-state index in [1.165, 1.54) is 26.4 Å². The number of sulfonamides is 2. The van der Waals surface area contributed by atoms with Gasteiger partial charge in [-0.2, -0.15) is 5.10 Å². The number of pyridine rings is 1. The van der Waals surface area contributed by atoms with Crippen molar-refractivity contribution >= 4 is 31.3 Å². The first-order valence-corrected chi connectivity index (χ1v) is 11.5. The van der Waals surface area contributed by atoms with Gasteiger partial charge in [0.2, 0.25) is 20.0 Å². The number of anilines is 1. The summed E-state index contributed by atoms with van der Waals surface area (Å²) >= 11 is 0. The Hall–Kier alpha value is -2.83. The molecule has 0 spiro atoms. The Labute approximate surface area is 168 Å². The smallest absolute Gasteiger partial charge is 0.244 e. The largest absolute Gasteiger partial charge is 0.497 e. The van der Waals surface area contributed by atoms with Gasteiger partial charge in [0.05, 0.1) is 31.2 Å². The van der Waals surface area contributed by atoms with Gasteiger partial charge in [0.25, 0.3) is 0 Å². The quantitative estimate of drug-likeness (QED) is 0.509. The molecule has 10 nitrogen and oxygen atoms in total. The van der Waals surface area contributed by atoms with Crippen LogP contribution in [0.5, 0.6) is 11.5 Å². The zero-order valence-corrected chi connectivity index (χ0v) is 17.3. The highest BCUT2D eigenvalue weighted by Crippen LogP contribution is 2.27. The SMILES string of the molecule is COc1ccc(OC)c(S(=O)(=O)NCCS(=O)(=O)Nc2ccn3nccc3c2)c1. The summed E-state index contributed by atoms with van der Waals surface area (Å²) in [5.74, 6) is -0.00714. The molecule has 29 heavy (non-hydrogen) atoms. The molecular weight excluding hydrogens is 420 g/mol. The molecule has 0 atom stereocenters. The molecule has 156 valence electrons. The minimum absolute atomic E-state index is 0.119. The molecule has 1 aromatic carbocycles. The van der Waals surface area contributed by atoms with E-state index < -0.39 is 25.8 Å². The standard InChI is InChI=1S/C17H20N4O6S2/c1-26-15-3-4-16(27-2)17(12-15)29(24,25)19-8-10-28(22,23)20-13-6-9-21-14(11-13)5-7-18-21/h3-7,9,11-12,19-20H,8,10H2,1-2H3. The maximum atomic E-state index is 12.6. The van der Waals surface area contributed by atoms with Crippen molar-refractivity contribution in [2.75, 3.05) is 31.2 Å². The molecule has 2 aromatic heterocycles. The molecule has 3 aromatic rings. The van der Waals surface area contributed by atoms with E-state index in [0.29, 0.717) is 11.4 Å². The molecule has 2 heterocycles. The van der Waals surface area contributed by atoms with Crippen LogP contribution in [0.4, 0.5) is 5.69 Å². The summed E-state index contributed by atoms with van der Waals surface area (Å²) in [6.07, 6.45) is 3.21. The molecule has 0 bridgehead atoms. The van der Waals surface area contributed by atoms with Crippen LogP contribution in [0.2, 0.25) is 0 Å². The summed E-state index contributed by atoms with van der Waals surface area (Å²) in [4.78, 5) is -0.143. The number of hydrogen-bond acceptors (Lipinski definition) is 7. The number of ether oxygens (including phenoxy) is 2. The molecule has 0 radical (unpaired) electrons. The second kappa shape index (κ2) is 8.27. The third-order valence-corrected chi connectivity index (χ3v) is 6.77. The van der Waals surface area contributed by atoms with Crippen LogP contribution in [-0.4, -0.2) is 53.0 Å². The lowest BCUT2D eigenvalue weighted by Gasteiger charge is -2.13. The van der Waals surface area contributed by atoms with E-state index in [0.717, 1.165) is 5.52 Å². The molecular formula is C17H20N4O6S2. The van der Waals surface area contributed by atoms with Crippen molar-refractivity contribution in [3.8, 4) is 11.5 Å². The van der Waals surface area contributed by atoms with Crippen LogP contribution < -0.4 is 18.9 Å². The van der Waals surface area contributed by atoms with Gasteiger partial charge >= 0.3 is 0 Å². The first-order chi connectivity index (χ1) is 13.7. The van der Waals surface area contributed by atoms with Crippen LogP contribution in [0.15, 0.2) is 53.7 Å². The number of benzene rings is 1. The van der Waals surface area contributed by atoms with E-state index in [1.54, 1.807) is 41.2 Å². The third-order valence-electron chi connectivity index (χ3n) is 4.00. The van der Waals surface area contributed by atoms with Crippen molar-refractivity contribution in [2.24, 2.45) is 0 Å². The average molecular weight is 441 g/mol. The van der Waals surface area contributed by atoms with Gasteiger partial charge in [-0.1, -0.05) is 0 Å². The van der Waals surface area contributed by atoms with Crippen molar-refractivity contribution in [2.45, 2.75) is 4.90 Å². The Balaban J connectivity index is 1.67. The van der Waals surface area contributed by atoms with Gasteiger partial charge < -0.3 is 9.47 Å². The number of rotatable bonds is 9. The van der Waals surface area contributed by atoms with Crippen LogP contribution >= 0.6 is 0 Å². The van der Waals surface area contributed by atoms with Crippen LogP contribution in [0.1, 0.15) is 0 Å². The zero-order chi connectivity index (χ0) is 21.1. The van der Waals surface area contributed by atoms with E-state index in [4.69, 9.17) is 9.47 Å². The Kier molecular flexibility index (Phi) is 5.96. The molecule has 0 fully saturated rings. The summed E-state index contributed by atoms with van der Waals surface area (Å²) < 4.78 is 66.1. The fraction of sp³-hybridized carbons (Fsp3) is 0.235. The normalized spacial score (nSPS) is 12.1. The van der Waals surface area contributed by atoms with Gasteiger partial charge in [-0.3, -0.25) is 4.72 Å². The van der Waals surface area contributed by atoms with Crippen molar-refractivity contribution in [1.82, 2.24) is 14.3 Å². The first kappa shape index (κ1) is 20.9. The summed E-state index contributed by atoms with van der Waals surface area (Å²) in [5, 5.41) is 4.03. The zero-order valence-electron chi connectivity index (χ0n) is 15.7. The average Bonchev–Trinajstić information content (AvgIpc) is 3.14. The Morgan fingerprint density at radius 3 is 2.55 bits per heavy atom. The molecule has 3 rings (SSSR count). The molecule has 12 heteroatoms. The van der Waals surface area contributed by atoms with Crippen LogP contribution in [0.25, 0.3) is 5.52 Å². The van der Waals surface area contributed by atoms with E-state index in [-0.39, 0.29) is 17.2 Å². The number of nitrogens with one attached hydrogen (secondary N) is 2. The lowest BCUT2D eigenvalue weighted by molar-refractivity contribution is 0.392. The Bertz CT molecular complexity index is 1220. The van der Waals surface area contributed by atoms with Gasteiger partial charge in [0, 0.05) is 25.0 Å². The molecule has 2 N–H and O–H groups in total. The minimum Gasteiger partial charge on any atom is -0.497 e. The highest BCUT2D eigenvalue weighted by Gasteiger charge is 2.21. The summed E-state index contributed by atoms with van der Waals surface area (Å²) in [7, 11) is -5.05. The number of methoxy groups -OCH3 is 2. The number of fused-ring (bicyclic) bond motifs is 1. The van der Waals surface area contributed by atoms with E-state index >= 15 is 0 Å². The fourth-order valence-electron chi connectivity index (χ4n) is 2.60. The monoisotopic (exact) mass is 440 g/mol. The lowest BCUT2D eigenvalue weighted by Crippen LogP contribution is -2.31. The van der Waals surface area contributed by atoms with Crippen LogP contribution in [0.3, 0.4) is 0 Å². The van der Waals surface area contributed by atoms with Crippen LogP contribution in [-0.2, 0) is 20.0 Å². The second-order valence-corrected chi connectivity index (χ2v) is 9.53. The molecule has 0 aliphatic carbocycles. The maximum absolute atomic E-state index is 12.6. The minimum atomic E-state index is -4.01. The number of aromatic nitrogens is 2. The van der Waals surface area contributed by atoms with Crippen molar-refractivity contribution in [1.29, 1.82) is 0 Å². The van der Waals surface area contributed by atoms with Crippen molar-refractivity contribution < 1.29 is 26.3 Å². The van der Waals surface area contributed by atoms with Gasteiger partial charge in [0.15, 0.2) is 0 Å². The van der Waals surface area contributed by atoms with Gasteiger partial charge in [-0.25, -0.2) is 26.1 Å². The first-order valence-electron chi connectivity index (χ1n) is 8.40. The number of nitrogens with zero attached hydrogens (tertiary/aromatic N) is 2. The summed E-state index contributed by atoms with van der Waals surface area (Å²) in [6.45, 7) is -0.326. The van der Waals surface area contributed by atoms with E-state index in [2.05, 4.69) is 14.5 Å². The predicted octanol–water partition coefficient (Wildman–Crippen LogP) is 1.07. The third kappa shape index (κ3) is 4.96. The predicted molar refractivity (Wildman–Crippen MR) is 107 cm³/mol. The van der Waals surface area contributed by atoms with Gasteiger partial charge in [-0.05, 0) is 30.3 Å². The lowest BCUT2D eigenvalue weighted by atomic mass is 10.3. The molecule has 0 saturated heterocycles. The van der Waals surface area contributed by atoms with Gasteiger partial charge in [-0.15, -0.1) is 0 Å². The van der Waals surface area contributed by atoms with E-state index in [9.17, 15) is 16.8 Å². The van der Waals surface area contributed by atoms with Crippen molar-refractivity contribution in [3.63, 3.8) is 0 Å². The molecule has 0 aliphatic heterocycles. The second-order valence-electron chi connectivity index (χ2n) is 5.95. The van der Waals surface area contributed by atoms with Gasteiger partial charge in [0.1, 0.15) is 16.4 Å².